The van der Waals surface area contributed by atoms with E-state index >= 15 is 0 Å². The smallest absolute Gasteiger partial charge is 0.404 e. The van der Waals surface area contributed by atoms with Crippen molar-refractivity contribution in [2.45, 2.75) is 26.2 Å². The Morgan fingerprint density at radius 2 is 2.43 bits per heavy atom. The molecule has 1 aromatic rings. The molecule has 0 unspecified atom stereocenters. The van der Waals surface area contributed by atoms with Crippen LogP contribution in [-0.4, -0.2) is 22.7 Å². The SMILES string of the molecule is CC(C)c1coc(CCNC(=O)O)n1. The lowest BCUT2D eigenvalue weighted by atomic mass is 10.2. The molecule has 5 heteroatoms. The van der Waals surface area contributed by atoms with Crippen molar-refractivity contribution in [2.75, 3.05) is 6.54 Å². The van der Waals surface area contributed by atoms with Gasteiger partial charge >= 0.3 is 6.09 Å². The van der Waals surface area contributed by atoms with Crippen LogP contribution in [0.25, 0.3) is 0 Å². The molecule has 5 nitrogen and oxygen atoms in total. The van der Waals surface area contributed by atoms with Crippen molar-refractivity contribution in [2.24, 2.45) is 0 Å². The molecular formula is C9H14N2O3. The lowest BCUT2D eigenvalue weighted by Crippen LogP contribution is -2.23. The van der Waals surface area contributed by atoms with Crippen molar-refractivity contribution >= 4 is 6.09 Å². The number of carbonyl (C=O) groups is 1. The van der Waals surface area contributed by atoms with Gasteiger partial charge in [0.25, 0.3) is 0 Å². The highest BCUT2D eigenvalue weighted by Crippen LogP contribution is 2.13. The van der Waals surface area contributed by atoms with E-state index in [-0.39, 0.29) is 0 Å². The van der Waals surface area contributed by atoms with Gasteiger partial charge in [-0.15, -0.1) is 0 Å². The van der Waals surface area contributed by atoms with E-state index in [9.17, 15) is 4.79 Å². The zero-order chi connectivity index (χ0) is 10.6. The zero-order valence-electron chi connectivity index (χ0n) is 8.28. The fraction of sp³-hybridized carbons (Fsp3) is 0.556. The van der Waals surface area contributed by atoms with Crippen LogP contribution in [0.3, 0.4) is 0 Å². The predicted molar refractivity (Wildman–Crippen MR) is 50.3 cm³/mol. The molecule has 1 amide bonds. The van der Waals surface area contributed by atoms with E-state index in [1.54, 1.807) is 6.26 Å². The van der Waals surface area contributed by atoms with Crippen LogP contribution in [0.4, 0.5) is 4.79 Å². The molecule has 1 heterocycles. The van der Waals surface area contributed by atoms with Crippen molar-refractivity contribution < 1.29 is 14.3 Å². The predicted octanol–water partition coefficient (Wildman–Crippen LogP) is 1.61. The highest BCUT2D eigenvalue weighted by Gasteiger charge is 2.06. The maximum Gasteiger partial charge on any atom is 0.404 e. The Hall–Kier alpha value is -1.52. The van der Waals surface area contributed by atoms with E-state index in [1.807, 2.05) is 13.8 Å². The number of oxazole rings is 1. The molecule has 14 heavy (non-hydrogen) atoms. The molecule has 0 saturated carbocycles. The fourth-order valence-corrected chi connectivity index (χ4v) is 0.981. The summed E-state index contributed by atoms with van der Waals surface area (Å²) in [5.41, 5.74) is 0.898. The van der Waals surface area contributed by atoms with Gasteiger partial charge in [-0.25, -0.2) is 9.78 Å². The lowest BCUT2D eigenvalue weighted by Gasteiger charge is -1.97. The molecule has 0 bridgehead atoms. The van der Waals surface area contributed by atoms with Crippen LogP contribution in [0.15, 0.2) is 10.7 Å². The lowest BCUT2D eigenvalue weighted by molar-refractivity contribution is 0.194. The van der Waals surface area contributed by atoms with Gasteiger partial charge in [0, 0.05) is 13.0 Å². The van der Waals surface area contributed by atoms with E-state index in [0.717, 1.165) is 5.69 Å². The van der Waals surface area contributed by atoms with E-state index in [0.29, 0.717) is 24.8 Å². The maximum absolute atomic E-state index is 10.1. The van der Waals surface area contributed by atoms with Gasteiger partial charge in [-0.1, -0.05) is 13.8 Å². The molecule has 0 radical (unpaired) electrons. The summed E-state index contributed by atoms with van der Waals surface area (Å²) in [6.07, 6.45) is 1.07. The monoisotopic (exact) mass is 198 g/mol. The Labute approximate surface area is 82.1 Å². The highest BCUT2D eigenvalue weighted by molar-refractivity contribution is 5.64. The van der Waals surface area contributed by atoms with Crippen LogP contribution in [0.5, 0.6) is 0 Å². The molecule has 0 aliphatic heterocycles. The third kappa shape index (κ3) is 3.08. The van der Waals surface area contributed by atoms with E-state index in [2.05, 4.69) is 10.3 Å². The molecule has 1 rings (SSSR count). The normalized spacial score (nSPS) is 10.5. The second-order valence-electron chi connectivity index (χ2n) is 3.30. The summed E-state index contributed by atoms with van der Waals surface area (Å²) in [6, 6.07) is 0. The van der Waals surface area contributed by atoms with Crippen molar-refractivity contribution in [1.82, 2.24) is 10.3 Å². The Bertz CT molecular complexity index is 307. The number of nitrogens with one attached hydrogen (secondary N) is 1. The minimum atomic E-state index is -1.03. The summed E-state index contributed by atoms with van der Waals surface area (Å²) in [6.45, 7) is 4.38. The second kappa shape index (κ2) is 4.64. The molecule has 0 aliphatic rings. The molecule has 0 aromatic carbocycles. The van der Waals surface area contributed by atoms with Crippen molar-refractivity contribution in [3.8, 4) is 0 Å². The van der Waals surface area contributed by atoms with Crippen LogP contribution in [0, 0.1) is 0 Å². The molecule has 0 fully saturated rings. The van der Waals surface area contributed by atoms with Gasteiger partial charge in [-0.05, 0) is 5.92 Å². The summed E-state index contributed by atoms with van der Waals surface area (Å²) < 4.78 is 5.16. The molecule has 0 atom stereocenters. The average molecular weight is 198 g/mol. The average Bonchev–Trinajstić information content (AvgIpc) is 2.52. The number of nitrogens with zero attached hydrogens (tertiary/aromatic N) is 1. The summed E-state index contributed by atoms with van der Waals surface area (Å²) in [5.74, 6) is 0.905. The van der Waals surface area contributed by atoms with E-state index < -0.39 is 6.09 Å². The van der Waals surface area contributed by atoms with Gasteiger partial charge < -0.3 is 14.8 Å². The molecule has 0 aliphatic carbocycles. The number of amides is 1. The standard InChI is InChI=1S/C9H14N2O3/c1-6(2)7-5-14-8(11-7)3-4-10-9(12)13/h5-6,10H,3-4H2,1-2H3,(H,12,13). The first-order valence-corrected chi connectivity index (χ1v) is 4.50. The third-order valence-electron chi connectivity index (χ3n) is 1.78. The van der Waals surface area contributed by atoms with Crippen LogP contribution >= 0.6 is 0 Å². The van der Waals surface area contributed by atoms with Crippen LogP contribution in [-0.2, 0) is 6.42 Å². The van der Waals surface area contributed by atoms with E-state index in [4.69, 9.17) is 9.52 Å². The van der Waals surface area contributed by atoms with Crippen LogP contribution in [0.2, 0.25) is 0 Å². The first-order valence-electron chi connectivity index (χ1n) is 4.50. The molecule has 1 aromatic heterocycles. The quantitative estimate of drug-likeness (QED) is 0.770. The number of aromatic nitrogens is 1. The van der Waals surface area contributed by atoms with E-state index in [1.165, 1.54) is 0 Å². The Balaban J connectivity index is 2.40. The van der Waals surface area contributed by atoms with Crippen LogP contribution in [0.1, 0.15) is 31.4 Å². The van der Waals surface area contributed by atoms with Crippen molar-refractivity contribution in [1.29, 1.82) is 0 Å². The van der Waals surface area contributed by atoms with Crippen molar-refractivity contribution in [3.05, 3.63) is 17.8 Å². The van der Waals surface area contributed by atoms with Gasteiger partial charge in [-0.3, -0.25) is 0 Å². The van der Waals surface area contributed by atoms with Gasteiger partial charge in [0.15, 0.2) is 5.89 Å². The minimum absolute atomic E-state index is 0.327. The molecule has 0 spiro atoms. The van der Waals surface area contributed by atoms with Gasteiger partial charge in [0.05, 0.1) is 5.69 Å². The molecule has 0 saturated heterocycles. The zero-order valence-corrected chi connectivity index (χ0v) is 8.28. The number of hydrogen-bond acceptors (Lipinski definition) is 3. The summed E-state index contributed by atoms with van der Waals surface area (Å²) >= 11 is 0. The van der Waals surface area contributed by atoms with Crippen LogP contribution < -0.4 is 5.32 Å². The largest absolute Gasteiger partial charge is 0.465 e. The number of carboxylic acid groups (broad SMARTS) is 1. The Morgan fingerprint density at radius 1 is 1.71 bits per heavy atom. The topological polar surface area (TPSA) is 75.4 Å². The Morgan fingerprint density at radius 3 is 2.93 bits per heavy atom. The molecule has 78 valence electrons. The van der Waals surface area contributed by atoms with Crippen molar-refractivity contribution in [3.63, 3.8) is 0 Å². The first-order chi connectivity index (χ1) is 6.59. The summed E-state index contributed by atoms with van der Waals surface area (Å²) in [7, 11) is 0. The molecular weight excluding hydrogens is 184 g/mol. The number of rotatable bonds is 4. The summed E-state index contributed by atoms with van der Waals surface area (Å²) in [4.78, 5) is 14.3. The highest BCUT2D eigenvalue weighted by atomic mass is 16.4. The summed E-state index contributed by atoms with van der Waals surface area (Å²) in [5, 5.41) is 10.6. The minimum Gasteiger partial charge on any atom is -0.465 e. The van der Waals surface area contributed by atoms with Gasteiger partial charge in [-0.2, -0.15) is 0 Å². The van der Waals surface area contributed by atoms with Gasteiger partial charge in [0.1, 0.15) is 6.26 Å². The van der Waals surface area contributed by atoms with Gasteiger partial charge in [0.2, 0.25) is 0 Å². The first kappa shape index (κ1) is 10.6. The Kier molecular flexibility index (Phi) is 3.50. The third-order valence-corrected chi connectivity index (χ3v) is 1.78. The number of hydrogen-bond donors (Lipinski definition) is 2. The maximum atomic E-state index is 10.1. The fourth-order valence-electron chi connectivity index (χ4n) is 0.981. The molecule has 2 N–H and O–H groups in total. The second-order valence-corrected chi connectivity index (χ2v) is 3.30.